The molecule has 0 radical (unpaired) electrons. The second-order valence-corrected chi connectivity index (χ2v) is 4.49. The van der Waals surface area contributed by atoms with Crippen molar-refractivity contribution in [2.75, 3.05) is 18.6 Å². The van der Waals surface area contributed by atoms with E-state index < -0.39 is 23.6 Å². The van der Waals surface area contributed by atoms with Gasteiger partial charge in [-0.2, -0.15) is 0 Å². The van der Waals surface area contributed by atoms with Gasteiger partial charge in [0.25, 0.3) is 0 Å². The number of fused-ring (bicyclic) bond motifs is 1. The Kier molecular flexibility index (Phi) is 3.57. The van der Waals surface area contributed by atoms with Gasteiger partial charge in [0.1, 0.15) is 0 Å². The molecule has 0 saturated heterocycles. The van der Waals surface area contributed by atoms with E-state index in [0.717, 1.165) is 0 Å². The minimum Gasteiger partial charge on any atom is -0.465 e. The first-order chi connectivity index (χ1) is 8.99. The third-order valence-electron chi connectivity index (χ3n) is 2.96. The van der Waals surface area contributed by atoms with E-state index in [1.54, 1.807) is 25.1 Å². The van der Waals surface area contributed by atoms with Crippen LogP contribution in [0, 0.1) is 5.92 Å². The Morgan fingerprint density at radius 2 is 2.11 bits per heavy atom. The molecule has 2 rings (SSSR count). The molecule has 0 bridgehead atoms. The van der Waals surface area contributed by atoms with E-state index in [1.165, 1.54) is 11.9 Å². The minimum absolute atomic E-state index is 0.106. The Morgan fingerprint density at radius 1 is 1.42 bits per heavy atom. The Labute approximate surface area is 115 Å². The van der Waals surface area contributed by atoms with Gasteiger partial charge in [0.2, 0.25) is 5.91 Å². The molecule has 6 heteroatoms. The summed E-state index contributed by atoms with van der Waals surface area (Å²) in [6.45, 7) is 1.72. The quantitative estimate of drug-likeness (QED) is 0.611. The first-order valence-electron chi connectivity index (χ1n) is 5.76. The van der Waals surface area contributed by atoms with Crippen LogP contribution < -0.4 is 4.90 Å². The van der Waals surface area contributed by atoms with Crippen molar-refractivity contribution >= 4 is 34.9 Å². The molecule has 1 atom stereocenters. The summed E-state index contributed by atoms with van der Waals surface area (Å²) in [7, 11) is 1.50. The predicted molar refractivity (Wildman–Crippen MR) is 69.3 cm³/mol. The van der Waals surface area contributed by atoms with Crippen molar-refractivity contribution in [2.45, 2.75) is 6.92 Å². The van der Waals surface area contributed by atoms with Gasteiger partial charge in [-0.3, -0.25) is 14.4 Å². The topological polar surface area (TPSA) is 63.7 Å². The molecule has 1 amide bonds. The number of ketones is 1. The standard InChI is InChI=1S/C13H12ClNO4/c1-3-19-13(18)10-11(16)9-7(14)5-4-6-8(9)15(2)12(10)17/h4-6,10H,3H2,1-2H3. The van der Waals surface area contributed by atoms with Crippen LogP contribution in [-0.4, -0.2) is 31.3 Å². The van der Waals surface area contributed by atoms with Crippen molar-refractivity contribution < 1.29 is 19.1 Å². The highest BCUT2D eigenvalue weighted by Crippen LogP contribution is 2.34. The van der Waals surface area contributed by atoms with Gasteiger partial charge in [-0.1, -0.05) is 17.7 Å². The number of ether oxygens (including phenoxy) is 1. The molecule has 0 aliphatic carbocycles. The Bertz CT molecular complexity index is 570. The number of nitrogens with zero attached hydrogens (tertiary/aromatic N) is 1. The first-order valence-corrected chi connectivity index (χ1v) is 6.13. The van der Waals surface area contributed by atoms with E-state index in [1.807, 2.05) is 0 Å². The lowest BCUT2D eigenvalue weighted by Gasteiger charge is -2.29. The Morgan fingerprint density at radius 3 is 2.74 bits per heavy atom. The van der Waals surface area contributed by atoms with Crippen LogP contribution in [0.3, 0.4) is 0 Å². The number of anilines is 1. The zero-order chi connectivity index (χ0) is 14.2. The maximum Gasteiger partial charge on any atom is 0.326 e. The lowest BCUT2D eigenvalue weighted by atomic mass is 9.90. The van der Waals surface area contributed by atoms with Crippen LogP contribution in [0.25, 0.3) is 0 Å². The Hall–Kier alpha value is -1.88. The van der Waals surface area contributed by atoms with Gasteiger partial charge in [0.15, 0.2) is 11.7 Å². The third-order valence-corrected chi connectivity index (χ3v) is 3.28. The van der Waals surface area contributed by atoms with Crippen molar-refractivity contribution in [3.8, 4) is 0 Å². The average Bonchev–Trinajstić information content (AvgIpc) is 2.36. The van der Waals surface area contributed by atoms with Gasteiger partial charge < -0.3 is 9.64 Å². The SMILES string of the molecule is CCOC(=O)C1C(=O)c2c(Cl)cccc2N(C)C1=O. The van der Waals surface area contributed by atoms with E-state index in [4.69, 9.17) is 16.3 Å². The van der Waals surface area contributed by atoms with Gasteiger partial charge >= 0.3 is 5.97 Å². The second kappa shape index (κ2) is 5.01. The number of esters is 1. The second-order valence-electron chi connectivity index (χ2n) is 4.08. The smallest absolute Gasteiger partial charge is 0.326 e. The zero-order valence-corrected chi connectivity index (χ0v) is 11.2. The normalized spacial score (nSPS) is 18.3. The highest BCUT2D eigenvalue weighted by molar-refractivity contribution is 6.39. The summed E-state index contributed by atoms with van der Waals surface area (Å²) in [6.07, 6.45) is 0. The van der Waals surface area contributed by atoms with Crippen LogP contribution in [0.15, 0.2) is 18.2 Å². The van der Waals surface area contributed by atoms with Crippen LogP contribution >= 0.6 is 11.6 Å². The summed E-state index contributed by atoms with van der Waals surface area (Å²) < 4.78 is 4.78. The van der Waals surface area contributed by atoms with Gasteiger partial charge in [-0.15, -0.1) is 0 Å². The fourth-order valence-corrected chi connectivity index (χ4v) is 2.30. The molecule has 1 aromatic rings. The van der Waals surface area contributed by atoms with Gasteiger partial charge in [0.05, 0.1) is 22.9 Å². The highest BCUT2D eigenvalue weighted by atomic mass is 35.5. The van der Waals surface area contributed by atoms with Gasteiger partial charge in [-0.25, -0.2) is 0 Å². The maximum absolute atomic E-state index is 12.3. The number of Topliss-reactive ketones (excluding diaryl/α,β-unsaturated/α-hetero) is 1. The molecule has 19 heavy (non-hydrogen) atoms. The van der Waals surface area contributed by atoms with Crippen LogP contribution in [0.5, 0.6) is 0 Å². The van der Waals surface area contributed by atoms with Gasteiger partial charge in [-0.05, 0) is 19.1 Å². The van der Waals surface area contributed by atoms with Crippen LogP contribution in [-0.2, 0) is 14.3 Å². The van der Waals surface area contributed by atoms with E-state index in [2.05, 4.69) is 0 Å². The largest absolute Gasteiger partial charge is 0.465 e. The minimum atomic E-state index is -1.46. The predicted octanol–water partition coefficient (Wildman–Crippen LogP) is 1.68. The molecule has 0 aromatic heterocycles. The lowest BCUT2D eigenvalue weighted by Crippen LogP contribution is -2.46. The molecule has 1 heterocycles. The Balaban J connectivity index is 2.53. The summed E-state index contributed by atoms with van der Waals surface area (Å²) >= 11 is 5.99. The molecule has 1 aliphatic heterocycles. The first kappa shape index (κ1) is 13.5. The summed E-state index contributed by atoms with van der Waals surface area (Å²) in [5, 5.41) is 0.219. The van der Waals surface area contributed by atoms with Crippen LogP contribution in [0.1, 0.15) is 17.3 Å². The number of hydrogen-bond acceptors (Lipinski definition) is 4. The van der Waals surface area contributed by atoms with Gasteiger partial charge in [0, 0.05) is 7.05 Å². The lowest BCUT2D eigenvalue weighted by molar-refractivity contribution is -0.149. The summed E-state index contributed by atoms with van der Waals surface area (Å²) in [6, 6.07) is 4.80. The maximum atomic E-state index is 12.3. The molecule has 100 valence electrons. The molecule has 0 saturated carbocycles. The van der Waals surface area contributed by atoms with Crippen molar-refractivity contribution in [1.29, 1.82) is 0 Å². The van der Waals surface area contributed by atoms with Crippen LogP contribution in [0.2, 0.25) is 5.02 Å². The third kappa shape index (κ3) is 2.10. The highest BCUT2D eigenvalue weighted by Gasteiger charge is 2.44. The molecule has 0 N–H and O–H groups in total. The molecule has 1 aliphatic rings. The molecular weight excluding hydrogens is 270 g/mol. The molecule has 5 nitrogen and oxygen atoms in total. The summed E-state index contributed by atoms with van der Waals surface area (Å²) in [4.78, 5) is 37.4. The van der Waals surface area contributed by atoms with E-state index in [9.17, 15) is 14.4 Å². The molecule has 1 unspecified atom stereocenters. The van der Waals surface area contributed by atoms with E-state index in [-0.39, 0.29) is 17.2 Å². The monoisotopic (exact) mass is 281 g/mol. The van der Waals surface area contributed by atoms with E-state index >= 15 is 0 Å². The summed E-state index contributed by atoms with van der Waals surface area (Å²) in [5.74, 6) is -3.51. The molecule has 0 fully saturated rings. The number of rotatable bonds is 2. The van der Waals surface area contributed by atoms with Crippen molar-refractivity contribution in [3.05, 3.63) is 28.8 Å². The summed E-state index contributed by atoms with van der Waals surface area (Å²) in [5.41, 5.74) is 0.590. The number of carbonyl (C=O) groups is 3. The number of hydrogen-bond donors (Lipinski definition) is 0. The van der Waals surface area contributed by atoms with Crippen molar-refractivity contribution in [3.63, 3.8) is 0 Å². The number of halogens is 1. The van der Waals surface area contributed by atoms with E-state index in [0.29, 0.717) is 5.69 Å². The molecule has 0 spiro atoms. The average molecular weight is 282 g/mol. The fourth-order valence-electron chi connectivity index (χ4n) is 2.04. The molecular formula is C13H12ClNO4. The number of amides is 1. The molecule has 1 aromatic carbocycles. The number of benzene rings is 1. The van der Waals surface area contributed by atoms with Crippen molar-refractivity contribution in [1.82, 2.24) is 0 Å². The van der Waals surface area contributed by atoms with Crippen molar-refractivity contribution in [2.24, 2.45) is 5.92 Å². The zero-order valence-electron chi connectivity index (χ0n) is 10.5. The van der Waals surface area contributed by atoms with Crippen LogP contribution in [0.4, 0.5) is 5.69 Å². The fraction of sp³-hybridized carbons (Fsp3) is 0.308. The number of carbonyl (C=O) groups excluding carboxylic acids is 3.